The first-order chi connectivity index (χ1) is 7.63. The van der Waals surface area contributed by atoms with Crippen molar-refractivity contribution in [3.05, 3.63) is 0 Å². The molecule has 1 fully saturated rings. The Morgan fingerprint density at radius 3 is 3.00 bits per heavy atom. The van der Waals surface area contributed by atoms with E-state index in [1.807, 2.05) is 6.92 Å². The first kappa shape index (κ1) is 13.5. The van der Waals surface area contributed by atoms with Gasteiger partial charge in [-0.3, -0.25) is 4.79 Å². The summed E-state index contributed by atoms with van der Waals surface area (Å²) in [6.07, 6.45) is 1.69. The zero-order chi connectivity index (χ0) is 12.0. The SMILES string of the molecule is COCC(C)CC(=O)NC1CNCCC1C. The van der Waals surface area contributed by atoms with Crippen LogP contribution < -0.4 is 10.6 Å². The fourth-order valence-electron chi connectivity index (χ4n) is 2.11. The second-order valence-corrected chi connectivity index (χ2v) is 4.91. The first-order valence-electron chi connectivity index (χ1n) is 6.12. The van der Waals surface area contributed by atoms with Crippen molar-refractivity contribution < 1.29 is 9.53 Å². The highest BCUT2D eigenvalue weighted by Gasteiger charge is 2.22. The minimum atomic E-state index is 0.144. The molecule has 1 saturated heterocycles. The summed E-state index contributed by atoms with van der Waals surface area (Å²) in [5.74, 6) is 1.00. The van der Waals surface area contributed by atoms with Gasteiger partial charge in [0.1, 0.15) is 0 Å². The van der Waals surface area contributed by atoms with Crippen LogP contribution in [0, 0.1) is 11.8 Å². The Bertz CT molecular complexity index is 221. The van der Waals surface area contributed by atoms with Crippen molar-refractivity contribution in [1.29, 1.82) is 0 Å². The van der Waals surface area contributed by atoms with Gasteiger partial charge in [0.05, 0.1) is 0 Å². The van der Waals surface area contributed by atoms with Crippen LogP contribution in [0.15, 0.2) is 0 Å². The Morgan fingerprint density at radius 1 is 1.62 bits per heavy atom. The molecule has 0 aromatic carbocycles. The van der Waals surface area contributed by atoms with Gasteiger partial charge in [-0.05, 0) is 24.8 Å². The van der Waals surface area contributed by atoms with Crippen LogP contribution in [0.4, 0.5) is 0 Å². The normalized spacial score (nSPS) is 27.4. The molecular formula is C12H24N2O2. The van der Waals surface area contributed by atoms with E-state index in [0.29, 0.717) is 18.9 Å². The molecule has 0 radical (unpaired) electrons. The maximum atomic E-state index is 11.7. The minimum Gasteiger partial charge on any atom is -0.384 e. The third-order valence-electron chi connectivity index (χ3n) is 3.16. The van der Waals surface area contributed by atoms with Crippen LogP contribution in [0.25, 0.3) is 0 Å². The Kier molecular flexibility index (Phi) is 5.77. The van der Waals surface area contributed by atoms with Crippen molar-refractivity contribution in [3.8, 4) is 0 Å². The minimum absolute atomic E-state index is 0.144. The third-order valence-corrected chi connectivity index (χ3v) is 3.16. The van der Waals surface area contributed by atoms with Crippen LogP contribution in [-0.2, 0) is 9.53 Å². The third kappa shape index (κ3) is 4.49. The number of hydrogen-bond donors (Lipinski definition) is 2. The Morgan fingerprint density at radius 2 is 2.38 bits per heavy atom. The second kappa shape index (κ2) is 6.86. The lowest BCUT2D eigenvalue weighted by Gasteiger charge is -2.30. The highest BCUT2D eigenvalue weighted by Crippen LogP contribution is 2.12. The number of carbonyl (C=O) groups is 1. The number of rotatable bonds is 5. The lowest BCUT2D eigenvalue weighted by molar-refractivity contribution is -0.123. The van der Waals surface area contributed by atoms with E-state index in [4.69, 9.17) is 4.74 Å². The highest BCUT2D eigenvalue weighted by atomic mass is 16.5. The summed E-state index contributed by atoms with van der Waals surface area (Å²) in [7, 11) is 1.67. The van der Waals surface area contributed by atoms with Gasteiger partial charge in [0.25, 0.3) is 0 Å². The van der Waals surface area contributed by atoms with E-state index < -0.39 is 0 Å². The standard InChI is InChI=1S/C12H24N2O2/c1-9(8-16-3)6-12(15)14-11-7-13-5-4-10(11)2/h9-11,13H,4-8H2,1-3H3,(H,14,15). The number of amides is 1. The molecule has 1 heterocycles. The quantitative estimate of drug-likeness (QED) is 0.731. The molecule has 1 amide bonds. The fraction of sp³-hybridized carbons (Fsp3) is 0.917. The van der Waals surface area contributed by atoms with Crippen molar-refractivity contribution in [3.63, 3.8) is 0 Å². The molecule has 0 bridgehead atoms. The maximum Gasteiger partial charge on any atom is 0.220 e. The molecule has 4 heteroatoms. The van der Waals surface area contributed by atoms with Gasteiger partial charge in [-0.1, -0.05) is 13.8 Å². The smallest absolute Gasteiger partial charge is 0.220 e. The van der Waals surface area contributed by atoms with Gasteiger partial charge in [0.15, 0.2) is 0 Å². The van der Waals surface area contributed by atoms with E-state index in [9.17, 15) is 4.79 Å². The maximum absolute atomic E-state index is 11.7. The van der Waals surface area contributed by atoms with Gasteiger partial charge in [-0.25, -0.2) is 0 Å². The van der Waals surface area contributed by atoms with Crippen molar-refractivity contribution in [2.75, 3.05) is 26.8 Å². The van der Waals surface area contributed by atoms with Gasteiger partial charge in [-0.2, -0.15) is 0 Å². The lowest BCUT2D eigenvalue weighted by Crippen LogP contribution is -2.50. The predicted molar refractivity (Wildman–Crippen MR) is 64.2 cm³/mol. The van der Waals surface area contributed by atoms with Crippen LogP contribution in [0.1, 0.15) is 26.7 Å². The lowest BCUT2D eigenvalue weighted by atomic mass is 9.94. The van der Waals surface area contributed by atoms with Crippen LogP contribution in [0.2, 0.25) is 0 Å². The van der Waals surface area contributed by atoms with Gasteiger partial charge in [-0.15, -0.1) is 0 Å². The molecule has 0 spiro atoms. The van der Waals surface area contributed by atoms with Crippen molar-refractivity contribution in [2.45, 2.75) is 32.7 Å². The highest BCUT2D eigenvalue weighted by molar-refractivity contribution is 5.76. The molecule has 2 N–H and O–H groups in total. The second-order valence-electron chi connectivity index (χ2n) is 4.91. The molecule has 94 valence electrons. The van der Waals surface area contributed by atoms with E-state index in [1.165, 1.54) is 0 Å². The van der Waals surface area contributed by atoms with Crippen LogP contribution >= 0.6 is 0 Å². The summed E-state index contributed by atoms with van der Waals surface area (Å²) < 4.78 is 5.02. The molecule has 3 unspecified atom stereocenters. The van der Waals surface area contributed by atoms with Crippen LogP contribution in [-0.4, -0.2) is 38.8 Å². The molecule has 1 aliphatic rings. The van der Waals surface area contributed by atoms with Gasteiger partial charge < -0.3 is 15.4 Å². The van der Waals surface area contributed by atoms with E-state index in [1.54, 1.807) is 7.11 Å². The van der Waals surface area contributed by atoms with E-state index in [2.05, 4.69) is 17.6 Å². The predicted octanol–water partition coefficient (Wildman–Crippen LogP) is 0.773. The summed E-state index contributed by atoms with van der Waals surface area (Å²) in [5, 5.41) is 6.41. The number of hydrogen-bond acceptors (Lipinski definition) is 3. The van der Waals surface area contributed by atoms with Gasteiger partial charge >= 0.3 is 0 Å². The van der Waals surface area contributed by atoms with Crippen molar-refractivity contribution in [1.82, 2.24) is 10.6 Å². The number of ether oxygens (including phenoxy) is 1. The zero-order valence-corrected chi connectivity index (χ0v) is 10.6. The molecule has 0 aromatic rings. The number of piperidine rings is 1. The summed E-state index contributed by atoms with van der Waals surface area (Å²) in [5.41, 5.74) is 0. The molecule has 16 heavy (non-hydrogen) atoms. The average molecular weight is 228 g/mol. The Hall–Kier alpha value is -0.610. The monoisotopic (exact) mass is 228 g/mol. The van der Waals surface area contributed by atoms with Gasteiger partial charge in [0, 0.05) is 32.7 Å². The average Bonchev–Trinajstić information content (AvgIpc) is 2.21. The Balaban J connectivity index is 2.27. The fourth-order valence-corrected chi connectivity index (χ4v) is 2.11. The molecule has 1 rings (SSSR count). The molecule has 4 nitrogen and oxygen atoms in total. The molecule has 0 saturated carbocycles. The van der Waals surface area contributed by atoms with E-state index >= 15 is 0 Å². The number of carbonyl (C=O) groups excluding carboxylic acids is 1. The number of methoxy groups -OCH3 is 1. The van der Waals surface area contributed by atoms with Crippen molar-refractivity contribution in [2.24, 2.45) is 11.8 Å². The van der Waals surface area contributed by atoms with Crippen LogP contribution in [0.5, 0.6) is 0 Å². The van der Waals surface area contributed by atoms with Gasteiger partial charge in [0.2, 0.25) is 5.91 Å². The molecule has 1 aliphatic heterocycles. The summed E-state index contributed by atoms with van der Waals surface area (Å²) >= 11 is 0. The Labute approximate surface area is 98.1 Å². The summed E-state index contributed by atoms with van der Waals surface area (Å²) in [6.45, 7) is 6.83. The largest absolute Gasteiger partial charge is 0.384 e. The molecule has 0 aromatic heterocycles. The van der Waals surface area contributed by atoms with Crippen molar-refractivity contribution >= 4 is 5.91 Å². The molecule has 0 aliphatic carbocycles. The molecule has 3 atom stereocenters. The topological polar surface area (TPSA) is 50.4 Å². The van der Waals surface area contributed by atoms with Crippen LogP contribution in [0.3, 0.4) is 0 Å². The summed E-state index contributed by atoms with van der Waals surface area (Å²) in [4.78, 5) is 11.7. The zero-order valence-electron chi connectivity index (χ0n) is 10.6. The first-order valence-corrected chi connectivity index (χ1v) is 6.12. The van der Waals surface area contributed by atoms with E-state index in [-0.39, 0.29) is 17.9 Å². The molecular weight excluding hydrogens is 204 g/mol. The summed E-state index contributed by atoms with van der Waals surface area (Å²) in [6, 6.07) is 0.288. The van der Waals surface area contributed by atoms with E-state index in [0.717, 1.165) is 19.5 Å². The number of nitrogens with one attached hydrogen (secondary N) is 2.